The van der Waals surface area contributed by atoms with E-state index in [-0.39, 0.29) is 24.0 Å². The van der Waals surface area contributed by atoms with Crippen molar-refractivity contribution in [3.05, 3.63) is 83.4 Å². The Morgan fingerprint density at radius 2 is 1.88 bits per heavy atom. The van der Waals surface area contributed by atoms with Gasteiger partial charge in [0.25, 0.3) is 0 Å². The number of benzene rings is 2. The number of allylic oxidation sites excluding steroid dienone is 1. The van der Waals surface area contributed by atoms with Crippen molar-refractivity contribution < 1.29 is 17.9 Å². The average Bonchev–Trinajstić information content (AvgIpc) is 2.81. The van der Waals surface area contributed by atoms with Gasteiger partial charge in [-0.15, -0.1) is 0 Å². The van der Waals surface area contributed by atoms with E-state index in [1.54, 1.807) is 6.07 Å². The molecule has 0 amide bonds. The van der Waals surface area contributed by atoms with E-state index in [0.29, 0.717) is 17.3 Å². The SMILES string of the molecule is C=NC(C)c1ccccc1/C(=C/C)Nc1cc(OCN)cc(-c2ccccc2C(F)(F)F)n1. The Kier molecular flexibility index (Phi) is 7.50. The summed E-state index contributed by atoms with van der Waals surface area (Å²) in [5, 5.41) is 3.22. The highest BCUT2D eigenvalue weighted by Crippen LogP contribution is 2.38. The molecule has 0 fully saturated rings. The summed E-state index contributed by atoms with van der Waals surface area (Å²) < 4.78 is 46.2. The van der Waals surface area contributed by atoms with Gasteiger partial charge in [0, 0.05) is 29.0 Å². The second-order valence-corrected chi connectivity index (χ2v) is 7.20. The third kappa shape index (κ3) is 5.59. The highest BCUT2D eigenvalue weighted by molar-refractivity contribution is 5.79. The molecule has 1 atom stereocenters. The van der Waals surface area contributed by atoms with E-state index in [1.165, 1.54) is 24.3 Å². The number of halogens is 3. The van der Waals surface area contributed by atoms with Crippen molar-refractivity contribution in [3.63, 3.8) is 0 Å². The molecule has 5 nitrogen and oxygen atoms in total. The van der Waals surface area contributed by atoms with Crippen LogP contribution in [0.25, 0.3) is 17.0 Å². The molecule has 0 saturated carbocycles. The van der Waals surface area contributed by atoms with Gasteiger partial charge >= 0.3 is 6.18 Å². The molecule has 0 aliphatic heterocycles. The number of pyridine rings is 1. The van der Waals surface area contributed by atoms with Crippen molar-refractivity contribution >= 4 is 18.2 Å². The van der Waals surface area contributed by atoms with E-state index in [0.717, 1.165) is 17.2 Å². The fourth-order valence-corrected chi connectivity index (χ4v) is 3.48. The van der Waals surface area contributed by atoms with Crippen LogP contribution in [0, 0.1) is 0 Å². The minimum absolute atomic E-state index is 0.0533. The Hall–Kier alpha value is -3.65. The van der Waals surface area contributed by atoms with Crippen LogP contribution in [-0.2, 0) is 6.18 Å². The fourth-order valence-electron chi connectivity index (χ4n) is 3.48. The third-order valence-electron chi connectivity index (χ3n) is 5.08. The summed E-state index contributed by atoms with van der Waals surface area (Å²) >= 11 is 0. The largest absolute Gasteiger partial charge is 0.478 e. The number of hydrogen-bond donors (Lipinski definition) is 2. The minimum Gasteiger partial charge on any atom is -0.478 e. The first-order valence-electron chi connectivity index (χ1n) is 10.3. The zero-order valence-corrected chi connectivity index (χ0v) is 18.4. The van der Waals surface area contributed by atoms with Crippen molar-refractivity contribution in [2.75, 3.05) is 12.0 Å². The summed E-state index contributed by atoms with van der Waals surface area (Å²) in [4.78, 5) is 8.57. The molecular weight excluding hydrogens is 429 g/mol. The fraction of sp³-hybridized carbons (Fsp3) is 0.200. The van der Waals surface area contributed by atoms with Crippen LogP contribution in [0.1, 0.15) is 36.6 Å². The summed E-state index contributed by atoms with van der Waals surface area (Å²) in [7, 11) is 0. The lowest BCUT2D eigenvalue weighted by Gasteiger charge is -2.18. The Morgan fingerprint density at radius 3 is 2.55 bits per heavy atom. The van der Waals surface area contributed by atoms with Crippen LogP contribution in [0.4, 0.5) is 19.0 Å². The van der Waals surface area contributed by atoms with Gasteiger partial charge in [0.2, 0.25) is 0 Å². The molecule has 0 radical (unpaired) electrons. The van der Waals surface area contributed by atoms with Gasteiger partial charge < -0.3 is 10.1 Å². The van der Waals surface area contributed by atoms with Crippen LogP contribution in [0.5, 0.6) is 5.75 Å². The Labute approximate surface area is 190 Å². The smallest absolute Gasteiger partial charge is 0.417 e. The molecule has 3 rings (SSSR count). The van der Waals surface area contributed by atoms with E-state index in [9.17, 15) is 13.2 Å². The molecule has 1 unspecified atom stereocenters. The molecule has 0 aliphatic rings. The monoisotopic (exact) mass is 454 g/mol. The second kappa shape index (κ2) is 10.3. The molecule has 1 aromatic heterocycles. The second-order valence-electron chi connectivity index (χ2n) is 7.20. The maximum atomic E-state index is 13.6. The van der Waals surface area contributed by atoms with E-state index in [4.69, 9.17) is 10.5 Å². The number of aromatic nitrogens is 1. The zero-order valence-electron chi connectivity index (χ0n) is 18.4. The number of nitrogens with one attached hydrogen (secondary N) is 1. The maximum Gasteiger partial charge on any atom is 0.417 e. The molecule has 0 aliphatic carbocycles. The molecule has 3 aromatic rings. The van der Waals surface area contributed by atoms with Crippen LogP contribution in [0.2, 0.25) is 0 Å². The van der Waals surface area contributed by atoms with E-state index in [2.05, 4.69) is 22.0 Å². The van der Waals surface area contributed by atoms with Gasteiger partial charge in [0.05, 0.1) is 17.3 Å². The molecule has 33 heavy (non-hydrogen) atoms. The molecule has 0 spiro atoms. The maximum absolute atomic E-state index is 13.6. The van der Waals surface area contributed by atoms with Gasteiger partial charge in [-0.05, 0) is 32.2 Å². The first kappa shape index (κ1) is 24.0. The van der Waals surface area contributed by atoms with Crippen LogP contribution < -0.4 is 15.8 Å². The summed E-state index contributed by atoms with van der Waals surface area (Å²) in [5.41, 5.74) is 7.34. The molecular formula is C25H25F3N4O. The number of alkyl halides is 3. The van der Waals surface area contributed by atoms with Gasteiger partial charge in [-0.25, -0.2) is 4.98 Å². The van der Waals surface area contributed by atoms with E-state index in [1.807, 2.05) is 44.2 Å². The van der Waals surface area contributed by atoms with E-state index >= 15 is 0 Å². The number of anilines is 1. The van der Waals surface area contributed by atoms with Gasteiger partial charge in [-0.2, -0.15) is 13.2 Å². The number of ether oxygens (including phenoxy) is 1. The standard InChI is InChI=1S/C25H25F3N4O/c1-4-22(19-10-6-5-9-18(19)16(2)30-3)31-24-14-17(33-15-29)13-23(32-24)20-11-7-8-12-21(20)25(26,27)28/h4-14,16H,3,15,29H2,1-2H3,(H,31,32)/b22-4-. The van der Waals surface area contributed by atoms with Crippen LogP contribution in [0.3, 0.4) is 0 Å². The number of rotatable bonds is 8. The lowest BCUT2D eigenvalue weighted by Crippen LogP contribution is -2.10. The third-order valence-corrected chi connectivity index (χ3v) is 5.08. The predicted octanol–water partition coefficient (Wildman–Crippen LogP) is 6.30. The Morgan fingerprint density at radius 1 is 1.18 bits per heavy atom. The summed E-state index contributed by atoms with van der Waals surface area (Å²) in [5.74, 6) is 0.613. The highest BCUT2D eigenvalue weighted by Gasteiger charge is 2.33. The summed E-state index contributed by atoms with van der Waals surface area (Å²) in [6.45, 7) is 7.28. The van der Waals surface area contributed by atoms with Gasteiger partial charge in [0.15, 0.2) is 0 Å². The van der Waals surface area contributed by atoms with Crippen LogP contribution >= 0.6 is 0 Å². The highest BCUT2D eigenvalue weighted by atomic mass is 19.4. The normalized spacial score (nSPS) is 12.8. The predicted molar refractivity (Wildman–Crippen MR) is 126 cm³/mol. The number of hydrogen-bond acceptors (Lipinski definition) is 5. The molecule has 2 aromatic carbocycles. The molecule has 0 saturated heterocycles. The van der Waals surface area contributed by atoms with Gasteiger partial charge in [0.1, 0.15) is 18.3 Å². The molecule has 0 bridgehead atoms. The minimum atomic E-state index is -4.53. The first-order valence-corrected chi connectivity index (χ1v) is 10.3. The van der Waals surface area contributed by atoms with E-state index < -0.39 is 11.7 Å². The summed E-state index contributed by atoms with van der Waals surface area (Å²) in [6.07, 6.45) is -2.67. The van der Waals surface area contributed by atoms with Crippen molar-refractivity contribution in [2.45, 2.75) is 26.1 Å². The van der Waals surface area contributed by atoms with Gasteiger partial charge in [-0.3, -0.25) is 10.7 Å². The molecule has 172 valence electrons. The zero-order chi connectivity index (χ0) is 24.0. The van der Waals surface area contributed by atoms with Crippen molar-refractivity contribution in [1.82, 2.24) is 4.98 Å². The van der Waals surface area contributed by atoms with Crippen LogP contribution in [0.15, 0.2) is 71.7 Å². The topological polar surface area (TPSA) is 72.5 Å². The van der Waals surface area contributed by atoms with Crippen LogP contribution in [-0.4, -0.2) is 18.4 Å². The van der Waals surface area contributed by atoms with Crippen molar-refractivity contribution in [3.8, 4) is 17.0 Å². The number of aliphatic imine (C=N–C) groups is 1. The molecule has 1 heterocycles. The molecule has 3 N–H and O–H groups in total. The average molecular weight is 454 g/mol. The Bertz CT molecular complexity index is 1160. The number of nitrogens with two attached hydrogens (primary N) is 1. The quantitative estimate of drug-likeness (QED) is 0.310. The Balaban J connectivity index is 2.09. The van der Waals surface area contributed by atoms with Gasteiger partial charge in [-0.1, -0.05) is 48.5 Å². The number of nitrogens with zero attached hydrogens (tertiary/aromatic N) is 2. The lowest BCUT2D eigenvalue weighted by atomic mass is 9.99. The molecule has 8 heteroatoms. The first-order chi connectivity index (χ1) is 15.8. The summed E-state index contributed by atoms with van der Waals surface area (Å²) in [6, 6.07) is 15.9. The van der Waals surface area contributed by atoms with Crippen molar-refractivity contribution in [2.24, 2.45) is 10.7 Å². The lowest BCUT2D eigenvalue weighted by molar-refractivity contribution is -0.137. The van der Waals surface area contributed by atoms with Crippen molar-refractivity contribution in [1.29, 1.82) is 0 Å².